The van der Waals surface area contributed by atoms with Crippen molar-refractivity contribution in [1.29, 1.82) is 0 Å². The molecule has 0 fully saturated rings. The largest absolute Gasteiger partial charge is 0.309 e. The van der Waals surface area contributed by atoms with Crippen LogP contribution in [0.25, 0.3) is 43.3 Å². The maximum absolute atomic E-state index is 4.17. The average Bonchev–Trinajstić information content (AvgIpc) is 3.36. The average molecular weight is 432 g/mol. The summed E-state index contributed by atoms with van der Waals surface area (Å²) in [5.74, 6) is 0. The van der Waals surface area contributed by atoms with Crippen LogP contribution in [0.15, 0.2) is 98.1 Å². The predicted octanol–water partition coefficient (Wildman–Crippen LogP) is 9.02. The zero-order chi connectivity index (χ0) is 21.7. The van der Waals surface area contributed by atoms with Crippen LogP contribution in [0.3, 0.4) is 0 Å². The van der Waals surface area contributed by atoms with Crippen molar-refractivity contribution < 1.29 is 0 Å². The van der Waals surface area contributed by atoms with Crippen LogP contribution in [0.2, 0.25) is 0 Å². The molecule has 32 heavy (non-hydrogen) atoms. The second kappa shape index (κ2) is 7.69. The highest BCUT2D eigenvalue weighted by Crippen LogP contribution is 2.58. The molecule has 0 bridgehead atoms. The molecule has 1 aliphatic carbocycles. The lowest BCUT2D eigenvalue weighted by Gasteiger charge is -2.15. The van der Waals surface area contributed by atoms with Crippen LogP contribution in [0.1, 0.15) is 23.7 Å². The number of benzene rings is 3. The minimum absolute atomic E-state index is 0.533. The molecule has 0 saturated heterocycles. The zero-order valence-corrected chi connectivity index (χ0v) is 19.1. The van der Waals surface area contributed by atoms with E-state index in [1.54, 1.807) is 10.9 Å². The highest BCUT2D eigenvalue weighted by molar-refractivity contribution is 7.67. The molecule has 1 unspecified atom stereocenters. The Morgan fingerprint density at radius 1 is 0.844 bits per heavy atom. The molecule has 1 nitrogen and oxygen atoms in total. The van der Waals surface area contributed by atoms with Crippen molar-refractivity contribution in [3.8, 4) is 5.69 Å². The molecule has 0 radical (unpaired) electrons. The van der Waals surface area contributed by atoms with Gasteiger partial charge in [-0.25, -0.2) is 0 Å². The van der Waals surface area contributed by atoms with E-state index in [9.17, 15) is 0 Å². The number of allylic oxidation sites excluding steroid dienone is 4. The molecule has 1 atom stereocenters. The summed E-state index contributed by atoms with van der Waals surface area (Å²) in [7, 11) is -0.533. The lowest BCUT2D eigenvalue weighted by molar-refractivity contribution is 0.700. The Balaban J connectivity index is 1.87. The summed E-state index contributed by atoms with van der Waals surface area (Å²) in [4.78, 5) is 0. The molecule has 5 aromatic rings. The van der Waals surface area contributed by atoms with Gasteiger partial charge in [-0.1, -0.05) is 81.4 Å². The van der Waals surface area contributed by atoms with Crippen molar-refractivity contribution in [3.63, 3.8) is 0 Å². The van der Waals surface area contributed by atoms with Crippen molar-refractivity contribution in [2.24, 2.45) is 0 Å². The highest BCUT2D eigenvalue weighted by Gasteiger charge is 2.25. The molecule has 156 valence electrons. The number of hydrogen-bond donors (Lipinski definition) is 0. The van der Waals surface area contributed by atoms with Gasteiger partial charge in [0.25, 0.3) is 0 Å². The fourth-order valence-corrected chi connectivity index (χ4v) is 8.46. The van der Waals surface area contributed by atoms with E-state index < -0.39 is 7.53 Å². The lowest BCUT2D eigenvalue weighted by Crippen LogP contribution is -2.00. The van der Waals surface area contributed by atoms with E-state index >= 15 is 0 Å². The summed E-state index contributed by atoms with van der Waals surface area (Å²) in [5, 5.41) is 8.64. The zero-order valence-electron chi connectivity index (χ0n) is 18.2. The van der Waals surface area contributed by atoms with Gasteiger partial charge in [-0.2, -0.15) is 0 Å². The second-order valence-corrected chi connectivity index (χ2v) is 10.8. The van der Waals surface area contributed by atoms with Gasteiger partial charge >= 0.3 is 0 Å². The smallest absolute Gasteiger partial charge is 0.0625 e. The van der Waals surface area contributed by atoms with Crippen LogP contribution in [-0.4, -0.2) is 4.57 Å². The number of para-hydroxylation sites is 2. The molecule has 0 amide bonds. The summed E-state index contributed by atoms with van der Waals surface area (Å²) in [6.45, 7) is 8.15. The van der Waals surface area contributed by atoms with E-state index in [1.807, 2.05) is 6.08 Å². The third-order valence-electron chi connectivity index (χ3n) is 6.84. The van der Waals surface area contributed by atoms with E-state index in [2.05, 4.69) is 96.6 Å². The molecule has 0 aliphatic heterocycles. The van der Waals surface area contributed by atoms with Gasteiger partial charge in [0.05, 0.1) is 11.0 Å². The number of nitrogens with zero attached hydrogens (tertiary/aromatic N) is 1. The molecule has 0 saturated carbocycles. The molecule has 0 spiro atoms. The van der Waals surface area contributed by atoms with Crippen LogP contribution < -0.4 is 0 Å². The maximum Gasteiger partial charge on any atom is 0.0625 e. The van der Waals surface area contributed by atoms with E-state index in [0.29, 0.717) is 0 Å². The Bertz CT molecular complexity index is 1540. The third kappa shape index (κ3) is 2.71. The minimum atomic E-state index is -0.533. The minimum Gasteiger partial charge on any atom is -0.309 e. The van der Waals surface area contributed by atoms with Crippen LogP contribution in [0.5, 0.6) is 0 Å². The topological polar surface area (TPSA) is 4.93 Å². The Morgan fingerprint density at radius 2 is 1.62 bits per heavy atom. The fourth-order valence-electron chi connectivity index (χ4n) is 5.58. The van der Waals surface area contributed by atoms with Gasteiger partial charge in [0, 0.05) is 27.0 Å². The number of rotatable bonds is 4. The summed E-state index contributed by atoms with van der Waals surface area (Å²) < 4.78 is 2.49. The van der Waals surface area contributed by atoms with E-state index in [4.69, 9.17) is 0 Å². The van der Waals surface area contributed by atoms with E-state index in [-0.39, 0.29) is 0 Å². The summed E-state index contributed by atoms with van der Waals surface area (Å²) in [6.07, 6.45) is 11.1. The Morgan fingerprint density at radius 3 is 2.44 bits per heavy atom. The second-order valence-electron chi connectivity index (χ2n) is 8.54. The van der Waals surface area contributed by atoms with Gasteiger partial charge in [0.1, 0.15) is 0 Å². The van der Waals surface area contributed by atoms with Gasteiger partial charge in [-0.05, 0) is 66.1 Å². The first-order chi connectivity index (χ1) is 15.8. The Kier molecular flexibility index (Phi) is 4.67. The van der Waals surface area contributed by atoms with Gasteiger partial charge in [0.2, 0.25) is 0 Å². The van der Waals surface area contributed by atoms with Crippen LogP contribution >= 0.6 is 7.53 Å². The summed E-state index contributed by atoms with van der Waals surface area (Å²) in [6, 6.07) is 24.4. The molecule has 2 heterocycles. The normalized spacial score (nSPS) is 14.8. The standard InChI is InChI=1S/C30H26NP/c1-3-12-22(4-2)32-27-18-11-9-16-25(27)29-28(32)20-19-24-23-15-8-10-17-26(23)31(30(24)29)21-13-6-5-7-14-21/h3-8,10,12-15,17,19-20H,1-2,9,11,16,18H2/b22-12+. The molecule has 3 aromatic carbocycles. The van der Waals surface area contributed by atoms with Gasteiger partial charge in [0.15, 0.2) is 0 Å². The van der Waals surface area contributed by atoms with Crippen molar-refractivity contribution >= 4 is 45.2 Å². The van der Waals surface area contributed by atoms with Gasteiger partial charge in [-0.15, -0.1) is 0 Å². The Labute approximate surface area is 190 Å². The number of fused-ring (bicyclic) bond motifs is 7. The first kappa shape index (κ1) is 19.4. The lowest BCUT2D eigenvalue weighted by atomic mass is 9.95. The summed E-state index contributed by atoms with van der Waals surface area (Å²) >= 11 is 0. The first-order valence-electron chi connectivity index (χ1n) is 11.4. The van der Waals surface area contributed by atoms with Crippen molar-refractivity contribution in [2.75, 3.05) is 0 Å². The molecule has 6 rings (SSSR count). The molecular weight excluding hydrogens is 405 g/mol. The number of hydrogen-bond acceptors (Lipinski definition) is 0. The quantitative estimate of drug-likeness (QED) is 0.250. The van der Waals surface area contributed by atoms with Gasteiger partial charge < -0.3 is 4.57 Å². The first-order valence-corrected chi connectivity index (χ1v) is 12.8. The van der Waals surface area contributed by atoms with Crippen molar-refractivity contribution in [3.05, 3.63) is 109 Å². The third-order valence-corrected chi connectivity index (χ3v) is 9.57. The van der Waals surface area contributed by atoms with Crippen LogP contribution in [0, 0.1) is 0 Å². The Hall–Kier alpha value is -3.28. The highest BCUT2D eigenvalue weighted by atomic mass is 31.1. The molecule has 1 aliphatic rings. The van der Waals surface area contributed by atoms with Crippen LogP contribution in [0.4, 0.5) is 0 Å². The molecule has 0 N–H and O–H groups in total. The van der Waals surface area contributed by atoms with Crippen LogP contribution in [-0.2, 0) is 12.8 Å². The van der Waals surface area contributed by atoms with E-state index in [1.165, 1.54) is 69.0 Å². The molecule has 2 aromatic heterocycles. The monoisotopic (exact) mass is 431 g/mol. The SMILES string of the molecule is C=C/C=C(\C=C)p1c2c(c3c4c(ccc31)c1ccccc1n4-c1ccccc1)CCCC2. The fraction of sp³-hybridized carbons (Fsp3) is 0.133. The molecular formula is C30H26NP. The maximum atomic E-state index is 4.17. The molecule has 2 heteroatoms. The summed E-state index contributed by atoms with van der Waals surface area (Å²) in [5.41, 5.74) is 5.48. The number of aryl methyl sites for hydroxylation is 1. The van der Waals surface area contributed by atoms with Crippen molar-refractivity contribution in [2.45, 2.75) is 25.7 Å². The van der Waals surface area contributed by atoms with Crippen molar-refractivity contribution in [1.82, 2.24) is 4.57 Å². The predicted molar refractivity (Wildman–Crippen MR) is 142 cm³/mol. The van der Waals surface area contributed by atoms with E-state index in [0.717, 1.165) is 0 Å². The van der Waals surface area contributed by atoms with Gasteiger partial charge in [-0.3, -0.25) is 0 Å². The number of aromatic nitrogens is 1.